The van der Waals surface area contributed by atoms with Gasteiger partial charge in [-0.05, 0) is 13.8 Å². The van der Waals surface area contributed by atoms with Crippen LogP contribution in [0.1, 0.15) is 13.8 Å². The highest BCUT2D eigenvalue weighted by Crippen LogP contribution is 1.87. The highest BCUT2D eigenvalue weighted by molar-refractivity contribution is 4.93. The maximum Gasteiger partial charge on any atom is 0.333 e. The van der Waals surface area contributed by atoms with Crippen LogP contribution >= 0.6 is 0 Å². The zero-order chi connectivity index (χ0) is 10.7. The first-order valence-electron chi connectivity index (χ1n) is 4.07. The lowest BCUT2D eigenvalue weighted by Crippen LogP contribution is -2.42. The van der Waals surface area contributed by atoms with Gasteiger partial charge in [0.15, 0.2) is 0 Å². The van der Waals surface area contributed by atoms with E-state index in [0.29, 0.717) is 0 Å². The summed E-state index contributed by atoms with van der Waals surface area (Å²) in [7, 11) is 0. The van der Waals surface area contributed by atoms with E-state index in [1.54, 1.807) is 6.08 Å². The zero-order valence-electron chi connectivity index (χ0n) is 7.96. The summed E-state index contributed by atoms with van der Waals surface area (Å²) < 4.78 is 0.911. The van der Waals surface area contributed by atoms with Gasteiger partial charge in [0, 0.05) is 0 Å². The minimum Gasteiger partial charge on any atom is -0.259 e. The molecule has 76 valence electrons. The molecular formula is C8H11N3O3. The molecule has 2 N–H and O–H groups in total. The molecule has 1 aromatic rings. The fourth-order valence-corrected chi connectivity index (χ4v) is 0.892. The first-order valence-corrected chi connectivity index (χ1v) is 4.07. The Bertz CT molecular complexity index is 479. The average Bonchev–Trinajstić information content (AvgIpc) is 2.01. The fourth-order valence-electron chi connectivity index (χ4n) is 0.892. The number of nitrogens with zero attached hydrogens (tertiary/aromatic N) is 1. The quantitative estimate of drug-likeness (QED) is 0.608. The van der Waals surface area contributed by atoms with Crippen molar-refractivity contribution in [3.8, 4) is 0 Å². The Kier molecular flexibility index (Phi) is 2.85. The van der Waals surface area contributed by atoms with Crippen LogP contribution < -0.4 is 17.1 Å². The predicted octanol–water partition coefficient (Wildman–Crippen LogP) is -0.809. The van der Waals surface area contributed by atoms with Crippen LogP contribution in [-0.2, 0) is 6.54 Å². The maximum absolute atomic E-state index is 11.1. The molecule has 0 fully saturated rings. The van der Waals surface area contributed by atoms with Crippen molar-refractivity contribution in [2.75, 3.05) is 0 Å². The number of aromatic nitrogens is 3. The van der Waals surface area contributed by atoms with Crippen LogP contribution in [0.15, 0.2) is 26.0 Å². The molecule has 14 heavy (non-hydrogen) atoms. The van der Waals surface area contributed by atoms with E-state index < -0.39 is 17.1 Å². The number of nitrogens with one attached hydrogen (secondary N) is 2. The lowest BCUT2D eigenvalue weighted by molar-refractivity contribution is 0.661. The summed E-state index contributed by atoms with van der Waals surface area (Å²) in [6, 6.07) is 0. The van der Waals surface area contributed by atoms with E-state index in [0.717, 1.165) is 10.1 Å². The number of aromatic amines is 2. The molecule has 1 rings (SSSR count). The minimum atomic E-state index is -0.784. The highest BCUT2D eigenvalue weighted by atomic mass is 16.2. The fraction of sp³-hybridized carbons (Fsp3) is 0.375. The summed E-state index contributed by atoms with van der Waals surface area (Å²) in [4.78, 5) is 36.9. The zero-order valence-corrected chi connectivity index (χ0v) is 7.96. The number of hydrogen-bond acceptors (Lipinski definition) is 3. The summed E-state index contributed by atoms with van der Waals surface area (Å²) in [6.45, 7) is 3.86. The van der Waals surface area contributed by atoms with Gasteiger partial charge in [0.05, 0.1) is 6.54 Å². The molecule has 0 aliphatic heterocycles. The Balaban J connectivity index is 3.23. The lowest BCUT2D eigenvalue weighted by Gasteiger charge is -1.98. The standard InChI is InChI=1S/C8H11N3O3/c1-5(2)3-4-11-7(13)9-6(12)10-8(11)14/h3H,4H2,1-2H3,(H2,9,10,12,13,14). The second kappa shape index (κ2) is 3.91. The third-order valence-corrected chi connectivity index (χ3v) is 1.61. The molecule has 0 radical (unpaired) electrons. The molecule has 6 nitrogen and oxygen atoms in total. The Morgan fingerprint density at radius 1 is 1.21 bits per heavy atom. The Morgan fingerprint density at radius 3 is 2.14 bits per heavy atom. The molecule has 0 amide bonds. The maximum atomic E-state index is 11.1. The number of rotatable bonds is 2. The second-order valence-corrected chi connectivity index (χ2v) is 3.08. The number of hydrogen-bond donors (Lipinski definition) is 2. The lowest BCUT2D eigenvalue weighted by atomic mass is 10.3. The van der Waals surface area contributed by atoms with E-state index >= 15 is 0 Å². The molecule has 0 bridgehead atoms. The highest BCUT2D eigenvalue weighted by Gasteiger charge is 1.99. The Hall–Kier alpha value is -1.85. The number of allylic oxidation sites excluding steroid dienone is 2. The molecule has 0 aliphatic carbocycles. The van der Waals surface area contributed by atoms with Crippen molar-refractivity contribution in [2.24, 2.45) is 0 Å². The Morgan fingerprint density at radius 2 is 1.71 bits per heavy atom. The average molecular weight is 197 g/mol. The largest absolute Gasteiger partial charge is 0.333 e. The van der Waals surface area contributed by atoms with Gasteiger partial charge >= 0.3 is 17.1 Å². The van der Waals surface area contributed by atoms with Crippen molar-refractivity contribution in [2.45, 2.75) is 20.4 Å². The monoisotopic (exact) mass is 197 g/mol. The molecule has 0 saturated heterocycles. The summed E-state index contributed by atoms with van der Waals surface area (Å²) in [5, 5.41) is 0. The van der Waals surface area contributed by atoms with E-state index in [2.05, 4.69) is 0 Å². The first kappa shape index (κ1) is 10.2. The smallest absolute Gasteiger partial charge is 0.259 e. The van der Waals surface area contributed by atoms with Crippen molar-refractivity contribution in [3.63, 3.8) is 0 Å². The van der Waals surface area contributed by atoms with Crippen LogP contribution in [0.4, 0.5) is 0 Å². The van der Waals surface area contributed by atoms with E-state index in [4.69, 9.17) is 0 Å². The van der Waals surface area contributed by atoms with Gasteiger partial charge in [-0.25, -0.2) is 19.0 Å². The van der Waals surface area contributed by atoms with Crippen molar-refractivity contribution < 1.29 is 0 Å². The summed E-state index contributed by atoms with van der Waals surface area (Å²) in [5.74, 6) is 0. The van der Waals surface area contributed by atoms with E-state index in [1.165, 1.54) is 0 Å². The first-order chi connectivity index (χ1) is 6.50. The van der Waals surface area contributed by atoms with E-state index in [9.17, 15) is 14.4 Å². The number of H-pyrrole nitrogens is 2. The van der Waals surface area contributed by atoms with Gasteiger partial charge in [-0.2, -0.15) is 0 Å². The van der Waals surface area contributed by atoms with Gasteiger partial charge in [0.1, 0.15) is 0 Å². The SMILES string of the molecule is CC(C)=CCn1c(=O)[nH]c(=O)[nH]c1=O. The summed E-state index contributed by atoms with van der Waals surface area (Å²) in [6.07, 6.45) is 1.72. The summed E-state index contributed by atoms with van der Waals surface area (Å²) >= 11 is 0. The summed E-state index contributed by atoms with van der Waals surface area (Å²) in [5.41, 5.74) is -1.19. The predicted molar refractivity (Wildman–Crippen MR) is 51.4 cm³/mol. The molecule has 0 spiro atoms. The molecular weight excluding hydrogens is 186 g/mol. The van der Waals surface area contributed by atoms with E-state index in [1.807, 2.05) is 23.8 Å². The van der Waals surface area contributed by atoms with Crippen molar-refractivity contribution in [3.05, 3.63) is 43.1 Å². The topological polar surface area (TPSA) is 87.7 Å². The molecule has 1 heterocycles. The molecule has 0 unspecified atom stereocenters. The molecule has 0 aromatic carbocycles. The van der Waals surface area contributed by atoms with E-state index in [-0.39, 0.29) is 6.54 Å². The molecule has 0 aliphatic rings. The molecule has 0 saturated carbocycles. The molecule has 6 heteroatoms. The Labute approximate surface area is 78.9 Å². The van der Waals surface area contributed by atoms with Crippen molar-refractivity contribution in [1.82, 2.24) is 14.5 Å². The molecule has 0 atom stereocenters. The third-order valence-electron chi connectivity index (χ3n) is 1.61. The van der Waals surface area contributed by atoms with Crippen LogP contribution in [0.2, 0.25) is 0 Å². The van der Waals surface area contributed by atoms with Gasteiger partial charge in [-0.1, -0.05) is 11.6 Å². The van der Waals surface area contributed by atoms with Crippen molar-refractivity contribution in [1.29, 1.82) is 0 Å². The van der Waals surface area contributed by atoms with Crippen LogP contribution in [0, 0.1) is 0 Å². The third kappa shape index (κ3) is 2.32. The second-order valence-electron chi connectivity index (χ2n) is 3.08. The van der Waals surface area contributed by atoms with Crippen LogP contribution in [0.25, 0.3) is 0 Å². The van der Waals surface area contributed by atoms with Gasteiger partial charge < -0.3 is 0 Å². The minimum absolute atomic E-state index is 0.160. The van der Waals surface area contributed by atoms with Crippen LogP contribution in [0.3, 0.4) is 0 Å². The molecule has 1 aromatic heterocycles. The normalized spacial score (nSPS) is 9.86. The van der Waals surface area contributed by atoms with Crippen molar-refractivity contribution >= 4 is 0 Å². The van der Waals surface area contributed by atoms with Gasteiger partial charge in [-0.3, -0.25) is 9.97 Å². The van der Waals surface area contributed by atoms with Crippen LogP contribution in [-0.4, -0.2) is 14.5 Å². The van der Waals surface area contributed by atoms with Crippen LogP contribution in [0.5, 0.6) is 0 Å². The van der Waals surface area contributed by atoms with Gasteiger partial charge in [0.25, 0.3) is 0 Å². The van der Waals surface area contributed by atoms with Gasteiger partial charge in [0.2, 0.25) is 0 Å². The van der Waals surface area contributed by atoms with Gasteiger partial charge in [-0.15, -0.1) is 0 Å².